The highest BCUT2D eigenvalue weighted by molar-refractivity contribution is 7.91. The second-order valence-corrected chi connectivity index (χ2v) is 8.29. The first-order chi connectivity index (χ1) is 8.59. The van der Waals surface area contributed by atoms with Crippen molar-refractivity contribution in [3.05, 3.63) is 10.6 Å². The van der Waals surface area contributed by atoms with Crippen molar-refractivity contribution in [1.29, 1.82) is 0 Å². The minimum Gasteiger partial charge on any atom is -0.346 e. The van der Waals surface area contributed by atoms with Crippen molar-refractivity contribution >= 4 is 26.3 Å². The predicted octanol–water partition coefficient (Wildman–Crippen LogP) is 0.714. The zero-order valence-electron chi connectivity index (χ0n) is 10.1. The molecule has 0 unspecified atom stereocenters. The summed E-state index contributed by atoms with van der Waals surface area (Å²) >= 11 is 1.63. The quantitative estimate of drug-likeness (QED) is 0.886. The van der Waals surface area contributed by atoms with E-state index >= 15 is 0 Å². The summed E-state index contributed by atoms with van der Waals surface area (Å²) in [6.07, 6.45) is 2.43. The van der Waals surface area contributed by atoms with Crippen molar-refractivity contribution in [2.45, 2.75) is 25.3 Å². The van der Waals surface area contributed by atoms with E-state index < -0.39 is 9.84 Å². The molecule has 18 heavy (non-hydrogen) atoms. The number of hydrogen-bond donors (Lipinski definition) is 1. The van der Waals surface area contributed by atoms with Crippen LogP contribution in [0.4, 0.5) is 5.13 Å². The fourth-order valence-corrected chi connectivity index (χ4v) is 4.49. The summed E-state index contributed by atoms with van der Waals surface area (Å²) in [4.78, 5) is 7.93. The van der Waals surface area contributed by atoms with Crippen LogP contribution in [0.5, 0.6) is 0 Å². The van der Waals surface area contributed by atoms with Gasteiger partial charge in [-0.3, -0.25) is 0 Å². The number of hydrogen-bond acceptors (Lipinski definition) is 6. The fourth-order valence-electron chi connectivity index (χ4n) is 2.21. The molecule has 0 spiro atoms. The minimum absolute atomic E-state index is 0.239. The number of rotatable bonds is 3. The van der Waals surface area contributed by atoms with E-state index in [2.05, 4.69) is 9.88 Å². The molecule has 2 aliphatic rings. The third kappa shape index (κ3) is 2.39. The number of anilines is 1. The maximum atomic E-state index is 11.4. The van der Waals surface area contributed by atoms with Crippen molar-refractivity contribution in [2.75, 3.05) is 29.5 Å². The summed E-state index contributed by atoms with van der Waals surface area (Å²) in [6.45, 7) is 1.66. The van der Waals surface area contributed by atoms with Gasteiger partial charge in [0.1, 0.15) is 0 Å². The van der Waals surface area contributed by atoms with E-state index in [-0.39, 0.29) is 11.5 Å². The zero-order chi connectivity index (χ0) is 12.8. The number of sulfone groups is 1. The van der Waals surface area contributed by atoms with E-state index in [4.69, 9.17) is 5.73 Å². The third-order valence-corrected chi connectivity index (χ3v) is 6.24. The molecule has 1 aliphatic carbocycles. The van der Waals surface area contributed by atoms with Gasteiger partial charge in [-0.15, -0.1) is 11.3 Å². The smallest absolute Gasteiger partial charge is 0.185 e. The number of aromatic nitrogens is 1. The summed E-state index contributed by atoms with van der Waals surface area (Å²) in [6, 6.07) is 0. The summed E-state index contributed by atoms with van der Waals surface area (Å²) in [7, 11) is -2.83. The monoisotopic (exact) mass is 287 g/mol. The lowest BCUT2D eigenvalue weighted by atomic mass is 10.2. The molecule has 100 valence electrons. The first-order valence-corrected chi connectivity index (χ1v) is 8.88. The van der Waals surface area contributed by atoms with Gasteiger partial charge < -0.3 is 10.6 Å². The molecular weight excluding hydrogens is 270 g/mol. The third-order valence-electron chi connectivity index (χ3n) is 3.48. The molecule has 5 nitrogen and oxygen atoms in total. The molecule has 0 atom stereocenters. The van der Waals surface area contributed by atoms with Gasteiger partial charge in [0.05, 0.1) is 17.2 Å². The van der Waals surface area contributed by atoms with E-state index in [9.17, 15) is 8.42 Å². The fraction of sp³-hybridized carbons (Fsp3) is 0.727. The van der Waals surface area contributed by atoms with Gasteiger partial charge in [0.15, 0.2) is 15.0 Å². The van der Waals surface area contributed by atoms with Crippen molar-refractivity contribution < 1.29 is 8.42 Å². The molecule has 2 N–H and O–H groups in total. The largest absolute Gasteiger partial charge is 0.346 e. The molecule has 1 aromatic rings. The van der Waals surface area contributed by atoms with Gasteiger partial charge in [-0.05, 0) is 12.8 Å². The van der Waals surface area contributed by atoms with E-state index in [0.717, 1.165) is 10.8 Å². The van der Waals surface area contributed by atoms with Crippen LogP contribution in [-0.2, 0) is 16.4 Å². The highest BCUT2D eigenvalue weighted by Crippen LogP contribution is 2.44. The molecule has 1 saturated carbocycles. The summed E-state index contributed by atoms with van der Waals surface area (Å²) in [5.74, 6) is 1.08. The Hall–Kier alpha value is -0.660. The van der Waals surface area contributed by atoms with Crippen LogP contribution in [0.25, 0.3) is 0 Å². The van der Waals surface area contributed by atoms with Crippen molar-refractivity contribution in [3.8, 4) is 0 Å². The predicted molar refractivity (Wildman–Crippen MR) is 72.8 cm³/mol. The van der Waals surface area contributed by atoms with Crippen LogP contribution in [0.2, 0.25) is 0 Å². The Labute approximate surface area is 111 Å². The normalized spacial score (nSPS) is 23.3. The molecule has 0 radical (unpaired) electrons. The average molecular weight is 287 g/mol. The van der Waals surface area contributed by atoms with E-state index in [1.807, 2.05) is 0 Å². The first kappa shape index (κ1) is 12.4. The van der Waals surface area contributed by atoms with Crippen molar-refractivity contribution in [1.82, 2.24) is 4.98 Å². The molecule has 1 aliphatic heterocycles. The lowest BCUT2D eigenvalue weighted by Crippen LogP contribution is -2.40. The van der Waals surface area contributed by atoms with Crippen molar-refractivity contribution in [3.63, 3.8) is 0 Å². The lowest BCUT2D eigenvalue weighted by molar-refractivity contribution is 0.586. The Bertz CT molecular complexity index is 535. The minimum atomic E-state index is -2.83. The Balaban J connectivity index is 1.80. The molecule has 1 saturated heterocycles. The second-order valence-electron chi connectivity index (χ2n) is 4.92. The first-order valence-electron chi connectivity index (χ1n) is 6.24. The maximum Gasteiger partial charge on any atom is 0.185 e. The Morgan fingerprint density at radius 2 is 2.00 bits per heavy atom. The van der Waals surface area contributed by atoms with Gasteiger partial charge in [0.2, 0.25) is 0 Å². The maximum absolute atomic E-state index is 11.4. The van der Waals surface area contributed by atoms with Crippen molar-refractivity contribution in [2.24, 2.45) is 5.73 Å². The molecule has 7 heteroatoms. The summed E-state index contributed by atoms with van der Waals surface area (Å²) in [5.41, 5.74) is 6.92. The number of nitrogens with two attached hydrogens (primary N) is 1. The Kier molecular flexibility index (Phi) is 3.07. The van der Waals surface area contributed by atoms with Gasteiger partial charge in [-0.1, -0.05) is 0 Å². The number of nitrogens with zero attached hydrogens (tertiary/aromatic N) is 2. The lowest BCUT2D eigenvalue weighted by Gasteiger charge is -2.25. The molecule has 0 bridgehead atoms. The van der Waals surface area contributed by atoms with Gasteiger partial charge in [0, 0.05) is 30.4 Å². The summed E-state index contributed by atoms with van der Waals surface area (Å²) < 4.78 is 22.8. The van der Waals surface area contributed by atoms with Crippen LogP contribution in [-0.4, -0.2) is 38.0 Å². The van der Waals surface area contributed by atoms with Gasteiger partial charge in [-0.2, -0.15) is 0 Å². The molecule has 2 heterocycles. The molecule has 3 rings (SSSR count). The Morgan fingerprint density at radius 3 is 2.56 bits per heavy atom. The topological polar surface area (TPSA) is 76.3 Å². The van der Waals surface area contributed by atoms with E-state index in [1.54, 1.807) is 11.3 Å². The standard InChI is InChI=1S/C11H17N3O2S2/c12-7-9-10(8-1-2-8)13-11(17-9)14-3-5-18(15,16)6-4-14/h8H,1-7,12H2. The van der Waals surface area contributed by atoms with Gasteiger partial charge in [0.25, 0.3) is 0 Å². The number of thiazole rings is 1. The highest BCUT2D eigenvalue weighted by Gasteiger charge is 2.31. The van der Waals surface area contributed by atoms with Gasteiger partial charge >= 0.3 is 0 Å². The molecule has 1 aromatic heterocycles. The van der Waals surface area contributed by atoms with Crippen LogP contribution in [0.1, 0.15) is 29.3 Å². The van der Waals surface area contributed by atoms with E-state index in [0.29, 0.717) is 25.6 Å². The zero-order valence-corrected chi connectivity index (χ0v) is 11.8. The molecule has 2 fully saturated rings. The van der Waals surface area contributed by atoms with Crippen LogP contribution < -0.4 is 10.6 Å². The van der Waals surface area contributed by atoms with Crippen LogP contribution in [0, 0.1) is 0 Å². The summed E-state index contributed by atoms with van der Waals surface area (Å²) in [5, 5.41) is 0.951. The van der Waals surface area contributed by atoms with Gasteiger partial charge in [-0.25, -0.2) is 13.4 Å². The SMILES string of the molecule is NCc1sc(N2CCS(=O)(=O)CC2)nc1C1CC1. The molecule has 0 aromatic carbocycles. The second kappa shape index (κ2) is 4.47. The van der Waals surface area contributed by atoms with E-state index in [1.165, 1.54) is 17.7 Å². The average Bonchev–Trinajstić information content (AvgIpc) is 3.09. The van der Waals surface area contributed by atoms with Crippen LogP contribution in [0.3, 0.4) is 0 Å². The molecule has 0 amide bonds. The highest BCUT2D eigenvalue weighted by atomic mass is 32.2. The molecular formula is C11H17N3O2S2. The Morgan fingerprint density at radius 1 is 1.33 bits per heavy atom. The van der Waals surface area contributed by atoms with Crippen LogP contribution >= 0.6 is 11.3 Å². The van der Waals surface area contributed by atoms with Crippen LogP contribution in [0.15, 0.2) is 0 Å².